The molecule has 0 saturated heterocycles. The van der Waals surface area contributed by atoms with Crippen LogP contribution in [0.4, 0.5) is 0 Å². The number of rotatable bonds is 7. The number of carboxylic acids is 1. The number of aliphatic carboxylic acids is 1. The summed E-state index contributed by atoms with van der Waals surface area (Å²) >= 11 is 0. The van der Waals surface area contributed by atoms with Crippen molar-refractivity contribution in [2.75, 3.05) is 6.54 Å². The second kappa shape index (κ2) is 8.68. The summed E-state index contributed by atoms with van der Waals surface area (Å²) in [6.07, 6.45) is 8.00. The highest BCUT2D eigenvalue weighted by Gasteiger charge is 2.30. The molecule has 25 heavy (non-hydrogen) atoms. The number of amides is 2. The molecular formula is C19H32N2O4. The Morgan fingerprint density at radius 1 is 0.920 bits per heavy atom. The lowest BCUT2D eigenvalue weighted by molar-refractivity contribution is -0.147. The van der Waals surface area contributed by atoms with Crippen LogP contribution in [-0.2, 0) is 14.4 Å². The molecule has 2 aliphatic carbocycles. The Bertz CT molecular complexity index is 490. The Labute approximate surface area is 150 Å². The van der Waals surface area contributed by atoms with Crippen LogP contribution in [0.1, 0.15) is 71.6 Å². The predicted molar refractivity (Wildman–Crippen MR) is 94.9 cm³/mol. The van der Waals surface area contributed by atoms with Crippen LogP contribution in [-0.4, -0.2) is 35.5 Å². The standard InChI is InChI=1S/C19H32N2O4/c1-19(2,18(24)25)11-12-20-16(22)14-7-9-15(10-8-14)21-17(23)13-5-3-4-6-13/h13-15H,3-12H2,1-2H3,(H,20,22)(H,21,23)(H,24,25). The minimum absolute atomic E-state index is 0.0155. The fourth-order valence-electron chi connectivity index (χ4n) is 3.76. The monoisotopic (exact) mass is 352 g/mol. The van der Waals surface area contributed by atoms with Gasteiger partial charge in [0.1, 0.15) is 0 Å². The van der Waals surface area contributed by atoms with Gasteiger partial charge in [-0.15, -0.1) is 0 Å². The molecule has 0 spiro atoms. The molecule has 0 aromatic heterocycles. The molecule has 6 heteroatoms. The topological polar surface area (TPSA) is 95.5 Å². The van der Waals surface area contributed by atoms with Crippen molar-refractivity contribution in [1.82, 2.24) is 10.6 Å². The van der Waals surface area contributed by atoms with Gasteiger partial charge in [-0.25, -0.2) is 0 Å². The van der Waals surface area contributed by atoms with E-state index in [2.05, 4.69) is 10.6 Å². The van der Waals surface area contributed by atoms with Crippen LogP contribution >= 0.6 is 0 Å². The first-order valence-electron chi connectivity index (χ1n) is 9.61. The average Bonchev–Trinajstić information content (AvgIpc) is 3.09. The third kappa shape index (κ3) is 5.72. The zero-order valence-corrected chi connectivity index (χ0v) is 15.5. The second-order valence-electron chi connectivity index (χ2n) is 8.27. The maximum absolute atomic E-state index is 12.2. The third-order valence-electron chi connectivity index (χ3n) is 5.80. The molecule has 0 heterocycles. The quantitative estimate of drug-likeness (QED) is 0.656. The van der Waals surface area contributed by atoms with Crippen molar-refractivity contribution in [2.45, 2.75) is 77.7 Å². The molecule has 0 aliphatic heterocycles. The Kier molecular flexibility index (Phi) is 6.85. The molecule has 0 aromatic rings. The molecule has 2 fully saturated rings. The summed E-state index contributed by atoms with van der Waals surface area (Å²) in [4.78, 5) is 35.5. The predicted octanol–water partition coefficient (Wildman–Crippen LogP) is 2.47. The lowest BCUT2D eigenvalue weighted by atomic mass is 9.85. The van der Waals surface area contributed by atoms with Crippen LogP contribution in [0.25, 0.3) is 0 Å². The Balaban J connectivity index is 1.66. The fraction of sp³-hybridized carbons (Fsp3) is 0.842. The van der Waals surface area contributed by atoms with Crippen molar-refractivity contribution in [3.8, 4) is 0 Å². The minimum atomic E-state index is -0.847. The van der Waals surface area contributed by atoms with Crippen molar-refractivity contribution >= 4 is 17.8 Å². The fourth-order valence-corrected chi connectivity index (χ4v) is 3.76. The van der Waals surface area contributed by atoms with Gasteiger partial charge in [0.15, 0.2) is 0 Å². The van der Waals surface area contributed by atoms with E-state index in [1.165, 1.54) is 0 Å². The van der Waals surface area contributed by atoms with Gasteiger partial charge < -0.3 is 15.7 Å². The molecule has 2 aliphatic rings. The van der Waals surface area contributed by atoms with Crippen LogP contribution in [0.2, 0.25) is 0 Å². The lowest BCUT2D eigenvalue weighted by Gasteiger charge is -2.29. The zero-order chi connectivity index (χ0) is 18.4. The number of hydrogen-bond acceptors (Lipinski definition) is 3. The van der Waals surface area contributed by atoms with E-state index in [9.17, 15) is 14.4 Å². The normalized spacial score (nSPS) is 24.7. The molecule has 2 amide bonds. The van der Waals surface area contributed by atoms with Gasteiger partial charge in [-0.1, -0.05) is 12.8 Å². The number of carbonyl (C=O) groups excluding carboxylic acids is 2. The van der Waals surface area contributed by atoms with E-state index in [4.69, 9.17) is 5.11 Å². The summed E-state index contributed by atoms with van der Waals surface area (Å²) < 4.78 is 0. The minimum Gasteiger partial charge on any atom is -0.481 e. The number of carboxylic acid groups (broad SMARTS) is 1. The zero-order valence-electron chi connectivity index (χ0n) is 15.5. The molecular weight excluding hydrogens is 320 g/mol. The Hall–Kier alpha value is -1.59. The maximum Gasteiger partial charge on any atom is 0.309 e. The van der Waals surface area contributed by atoms with E-state index in [1.54, 1.807) is 13.8 Å². The highest BCUT2D eigenvalue weighted by atomic mass is 16.4. The largest absolute Gasteiger partial charge is 0.481 e. The molecule has 0 unspecified atom stereocenters. The van der Waals surface area contributed by atoms with Crippen LogP contribution in [0.5, 0.6) is 0 Å². The van der Waals surface area contributed by atoms with Gasteiger partial charge in [0.25, 0.3) is 0 Å². The van der Waals surface area contributed by atoms with Gasteiger partial charge in [0.2, 0.25) is 11.8 Å². The smallest absolute Gasteiger partial charge is 0.309 e. The van der Waals surface area contributed by atoms with Gasteiger partial charge >= 0.3 is 5.97 Å². The highest BCUT2D eigenvalue weighted by Crippen LogP contribution is 2.28. The molecule has 2 rings (SSSR count). The molecule has 2 saturated carbocycles. The lowest BCUT2D eigenvalue weighted by Crippen LogP contribution is -2.43. The van der Waals surface area contributed by atoms with E-state index in [0.29, 0.717) is 13.0 Å². The first kappa shape index (κ1) is 19.7. The van der Waals surface area contributed by atoms with E-state index >= 15 is 0 Å². The second-order valence-corrected chi connectivity index (χ2v) is 8.27. The van der Waals surface area contributed by atoms with Gasteiger partial charge in [-0.3, -0.25) is 14.4 Å². The summed E-state index contributed by atoms with van der Waals surface area (Å²) in [6.45, 7) is 3.72. The van der Waals surface area contributed by atoms with E-state index in [0.717, 1.165) is 51.4 Å². The first-order valence-corrected chi connectivity index (χ1v) is 9.61. The molecule has 0 atom stereocenters. The third-order valence-corrected chi connectivity index (χ3v) is 5.80. The number of carbonyl (C=O) groups is 3. The Morgan fingerprint density at radius 2 is 1.48 bits per heavy atom. The van der Waals surface area contributed by atoms with E-state index in [1.807, 2.05) is 0 Å². The van der Waals surface area contributed by atoms with E-state index < -0.39 is 11.4 Å². The molecule has 0 aromatic carbocycles. The van der Waals surface area contributed by atoms with Crippen molar-refractivity contribution in [1.29, 1.82) is 0 Å². The van der Waals surface area contributed by atoms with Crippen molar-refractivity contribution < 1.29 is 19.5 Å². The Morgan fingerprint density at radius 3 is 2.04 bits per heavy atom. The van der Waals surface area contributed by atoms with Crippen molar-refractivity contribution in [3.05, 3.63) is 0 Å². The van der Waals surface area contributed by atoms with Gasteiger partial charge in [0, 0.05) is 24.4 Å². The van der Waals surface area contributed by atoms with E-state index in [-0.39, 0.29) is 29.7 Å². The highest BCUT2D eigenvalue weighted by molar-refractivity contribution is 5.80. The van der Waals surface area contributed by atoms with Crippen molar-refractivity contribution in [3.63, 3.8) is 0 Å². The van der Waals surface area contributed by atoms with Crippen LogP contribution < -0.4 is 10.6 Å². The van der Waals surface area contributed by atoms with Crippen LogP contribution in [0.3, 0.4) is 0 Å². The van der Waals surface area contributed by atoms with Crippen molar-refractivity contribution in [2.24, 2.45) is 17.3 Å². The maximum atomic E-state index is 12.2. The summed E-state index contributed by atoms with van der Waals surface area (Å²) in [5.74, 6) is -0.463. The van der Waals surface area contributed by atoms with Gasteiger partial charge in [0.05, 0.1) is 5.41 Å². The van der Waals surface area contributed by atoms with Gasteiger partial charge in [-0.05, 0) is 58.8 Å². The SMILES string of the molecule is CC(C)(CCNC(=O)C1CCC(NC(=O)C2CCCC2)CC1)C(=O)O. The molecule has 6 nitrogen and oxygen atoms in total. The molecule has 0 radical (unpaired) electrons. The molecule has 0 bridgehead atoms. The molecule has 142 valence electrons. The van der Waals surface area contributed by atoms with Crippen LogP contribution in [0.15, 0.2) is 0 Å². The van der Waals surface area contributed by atoms with Crippen LogP contribution in [0, 0.1) is 17.3 Å². The number of nitrogens with one attached hydrogen (secondary N) is 2. The summed E-state index contributed by atoms with van der Waals surface area (Å²) in [5, 5.41) is 15.1. The first-order chi connectivity index (χ1) is 11.8. The van der Waals surface area contributed by atoms with Gasteiger partial charge in [-0.2, -0.15) is 0 Å². The summed E-state index contributed by atoms with van der Waals surface area (Å²) in [7, 11) is 0. The average molecular weight is 352 g/mol. The molecule has 3 N–H and O–H groups in total. The summed E-state index contributed by atoms with van der Waals surface area (Å²) in [5.41, 5.74) is -0.824. The summed E-state index contributed by atoms with van der Waals surface area (Å²) in [6, 6.07) is 0.197. The number of hydrogen-bond donors (Lipinski definition) is 3.